The standard InChI is InChI=1S/C10H20N2O.C10H19NO.C9H18N2O.C9H17NO2.C9H17NO/c1-10(2,3)9(13)12-7-5-11(4)6-8-12;1-10(2,3)9(12)11-7-5-4-6-8-11;1-9(2,3)8(12)11-6-4-10-5-7-11;1-9(2,3)8(11)10-4-6-12-7-5-10;1-9(2,3)8(11)10-6-4-5-7-10/h5-8H2,1-4H3;4-8H2,1-3H3;10H,4-7H2,1-3H3;4-7H2,1-3H3;4-7H2,1-3H3. The van der Waals surface area contributed by atoms with E-state index in [2.05, 4.69) is 17.3 Å². The number of morpholine rings is 1. The van der Waals surface area contributed by atoms with E-state index >= 15 is 0 Å². The minimum absolute atomic E-state index is 0.190. The van der Waals surface area contributed by atoms with Crippen molar-refractivity contribution < 1.29 is 28.7 Å². The van der Waals surface area contributed by atoms with Gasteiger partial charge in [0, 0.05) is 119 Å². The Hall–Kier alpha value is -2.77. The molecule has 0 aromatic heterocycles. The molecule has 13 nitrogen and oxygen atoms in total. The molecule has 13 heteroatoms. The number of likely N-dealkylation sites (tertiary alicyclic amines) is 2. The molecule has 0 aromatic carbocycles. The molecule has 0 aromatic rings. The van der Waals surface area contributed by atoms with Crippen molar-refractivity contribution in [2.75, 3.05) is 112 Å². The van der Waals surface area contributed by atoms with E-state index in [9.17, 15) is 24.0 Å². The van der Waals surface area contributed by atoms with E-state index in [1.165, 1.54) is 32.1 Å². The van der Waals surface area contributed by atoms with Crippen molar-refractivity contribution in [3.63, 3.8) is 0 Å². The van der Waals surface area contributed by atoms with Crippen LogP contribution in [0.2, 0.25) is 0 Å². The van der Waals surface area contributed by atoms with Crippen LogP contribution in [0.1, 0.15) is 136 Å². The highest BCUT2D eigenvalue weighted by molar-refractivity contribution is 5.83. The van der Waals surface area contributed by atoms with Gasteiger partial charge in [-0.25, -0.2) is 0 Å². The van der Waals surface area contributed by atoms with Crippen molar-refractivity contribution in [3.8, 4) is 0 Å². The summed E-state index contributed by atoms with van der Waals surface area (Å²) in [4.78, 5) is 70.6. The normalized spacial score (nSPS) is 19.6. The molecule has 0 bridgehead atoms. The molecule has 5 aliphatic rings. The molecule has 5 aliphatic heterocycles. The van der Waals surface area contributed by atoms with E-state index in [0.29, 0.717) is 25.0 Å². The van der Waals surface area contributed by atoms with Gasteiger partial charge in [-0.2, -0.15) is 0 Å². The second-order valence-electron chi connectivity index (χ2n) is 22.1. The number of hydrogen-bond acceptors (Lipinski definition) is 8. The average Bonchev–Trinajstić information content (AvgIpc) is 3.72. The van der Waals surface area contributed by atoms with E-state index in [4.69, 9.17) is 4.74 Å². The first kappa shape index (κ1) is 55.2. The predicted octanol–water partition coefficient (Wildman–Crippen LogP) is 5.86. The number of carbonyl (C=O) groups is 5. The molecule has 0 atom stereocenters. The summed E-state index contributed by atoms with van der Waals surface area (Å²) < 4.78 is 5.17. The van der Waals surface area contributed by atoms with Crippen molar-refractivity contribution in [2.45, 2.75) is 136 Å². The Morgan fingerprint density at radius 3 is 0.900 bits per heavy atom. The van der Waals surface area contributed by atoms with Gasteiger partial charge in [0.2, 0.25) is 29.5 Å². The lowest BCUT2D eigenvalue weighted by atomic mass is 9.93. The first-order valence-corrected chi connectivity index (χ1v) is 22.9. The zero-order chi connectivity index (χ0) is 46.1. The van der Waals surface area contributed by atoms with E-state index in [1.807, 2.05) is 128 Å². The Morgan fingerprint density at radius 2 is 0.600 bits per heavy atom. The van der Waals surface area contributed by atoms with Crippen molar-refractivity contribution in [1.82, 2.24) is 34.7 Å². The van der Waals surface area contributed by atoms with Crippen LogP contribution in [0.3, 0.4) is 0 Å². The van der Waals surface area contributed by atoms with Gasteiger partial charge in [0.15, 0.2) is 0 Å². The molecule has 60 heavy (non-hydrogen) atoms. The van der Waals surface area contributed by atoms with Crippen molar-refractivity contribution in [2.24, 2.45) is 27.1 Å². The van der Waals surface area contributed by atoms with E-state index in [-0.39, 0.29) is 44.8 Å². The number of ether oxygens (including phenoxy) is 1. The highest BCUT2D eigenvalue weighted by atomic mass is 16.5. The Bertz CT molecular complexity index is 1210. The fraction of sp³-hybridized carbons (Fsp3) is 0.894. The number of carbonyl (C=O) groups excluding carboxylic acids is 5. The lowest BCUT2D eigenvalue weighted by molar-refractivity contribution is -0.143. The van der Waals surface area contributed by atoms with Crippen LogP contribution in [-0.4, -0.2) is 171 Å². The molecule has 0 unspecified atom stereocenters. The largest absolute Gasteiger partial charge is 0.378 e. The Balaban J connectivity index is 0.000000375. The third-order valence-electron chi connectivity index (χ3n) is 10.7. The van der Waals surface area contributed by atoms with Gasteiger partial charge in [0.05, 0.1) is 13.2 Å². The van der Waals surface area contributed by atoms with Gasteiger partial charge in [-0.05, 0) is 39.2 Å². The summed E-state index contributed by atoms with van der Waals surface area (Å²) in [5.41, 5.74) is -1.09. The zero-order valence-electron chi connectivity index (χ0n) is 41.5. The molecule has 5 heterocycles. The molecule has 1 N–H and O–H groups in total. The average molecular weight is 850 g/mol. The van der Waals surface area contributed by atoms with Crippen molar-refractivity contribution in [1.29, 1.82) is 0 Å². The number of nitrogens with zero attached hydrogens (tertiary/aromatic N) is 6. The molecule has 0 radical (unpaired) electrons. The third-order valence-corrected chi connectivity index (χ3v) is 10.7. The van der Waals surface area contributed by atoms with Gasteiger partial charge in [-0.15, -0.1) is 0 Å². The summed E-state index contributed by atoms with van der Waals surface area (Å²) in [6.07, 6.45) is 6.02. The van der Waals surface area contributed by atoms with E-state index in [0.717, 1.165) is 91.6 Å². The van der Waals surface area contributed by atoms with Gasteiger partial charge in [-0.1, -0.05) is 104 Å². The molecular weight excluding hydrogens is 759 g/mol. The number of piperazine rings is 2. The van der Waals surface area contributed by atoms with E-state index in [1.54, 1.807) is 0 Å². The topological polar surface area (TPSA) is 126 Å². The van der Waals surface area contributed by atoms with Crippen LogP contribution in [0.15, 0.2) is 0 Å². The van der Waals surface area contributed by atoms with Crippen molar-refractivity contribution in [3.05, 3.63) is 0 Å². The zero-order valence-corrected chi connectivity index (χ0v) is 41.5. The molecule has 5 amide bonds. The van der Waals surface area contributed by atoms with Crippen LogP contribution >= 0.6 is 0 Å². The lowest BCUT2D eigenvalue weighted by Crippen LogP contribution is -2.50. The summed E-state index contributed by atoms with van der Waals surface area (Å²) in [7, 11) is 2.10. The summed E-state index contributed by atoms with van der Waals surface area (Å²) in [5, 5.41) is 3.23. The maximum absolute atomic E-state index is 11.8. The fourth-order valence-corrected chi connectivity index (χ4v) is 7.03. The summed E-state index contributed by atoms with van der Waals surface area (Å²) in [6, 6.07) is 0. The predicted molar refractivity (Wildman–Crippen MR) is 244 cm³/mol. The number of hydrogen-bond donors (Lipinski definition) is 1. The minimum atomic E-state index is -0.253. The van der Waals surface area contributed by atoms with Crippen LogP contribution in [0.5, 0.6) is 0 Å². The quantitative estimate of drug-likeness (QED) is 0.322. The number of piperidine rings is 1. The van der Waals surface area contributed by atoms with Crippen LogP contribution in [0.4, 0.5) is 0 Å². The molecule has 0 spiro atoms. The fourth-order valence-electron chi connectivity index (χ4n) is 7.03. The van der Waals surface area contributed by atoms with Gasteiger partial charge >= 0.3 is 0 Å². The minimum Gasteiger partial charge on any atom is -0.378 e. The molecule has 5 rings (SSSR count). The molecule has 0 saturated carbocycles. The maximum atomic E-state index is 11.8. The molecule has 350 valence electrons. The number of nitrogens with one attached hydrogen (secondary N) is 1. The maximum Gasteiger partial charge on any atom is 0.228 e. The van der Waals surface area contributed by atoms with Gasteiger partial charge in [0.1, 0.15) is 0 Å². The van der Waals surface area contributed by atoms with E-state index < -0.39 is 0 Å². The van der Waals surface area contributed by atoms with Crippen LogP contribution in [-0.2, 0) is 28.7 Å². The second kappa shape index (κ2) is 24.8. The summed E-state index contributed by atoms with van der Waals surface area (Å²) in [5.74, 6) is 1.38. The third kappa shape index (κ3) is 20.9. The van der Waals surface area contributed by atoms with Gasteiger partial charge in [0.25, 0.3) is 0 Å². The number of likely N-dealkylation sites (N-methyl/N-ethyl adjacent to an activating group) is 1. The highest BCUT2D eigenvalue weighted by Crippen LogP contribution is 2.23. The van der Waals surface area contributed by atoms with Gasteiger partial charge in [-0.3, -0.25) is 24.0 Å². The van der Waals surface area contributed by atoms with Crippen LogP contribution < -0.4 is 5.32 Å². The number of rotatable bonds is 0. The van der Waals surface area contributed by atoms with Crippen LogP contribution in [0.25, 0.3) is 0 Å². The number of amides is 5. The lowest BCUT2D eigenvalue weighted by Gasteiger charge is -2.36. The summed E-state index contributed by atoms with van der Waals surface area (Å²) >= 11 is 0. The van der Waals surface area contributed by atoms with Crippen LogP contribution in [0, 0.1) is 27.1 Å². The Labute approximate surface area is 367 Å². The molecular formula is C47H91N7O6. The molecule has 0 aliphatic carbocycles. The summed E-state index contributed by atoms with van der Waals surface area (Å²) in [6.45, 7) is 43.7. The van der Waals surface area contributed by atoms with Gasteiger partial charge < -0.3 is 39.5 Å². The molecule has 5 fully saturated rings. The Morgan fingerprint density at radius 1 is 0.350 bits per heavy atom. The highest BCUT2D eigenvalue weighted by Gasteiger charge is 2.32. The van der Waals surface area contributed by atoms with Crippen molar-refractivity contribution >= 4 is 29.5 Å². The SMILES string of the molecule is CC(C)(C)C(=O)N1CCCC1.CC(C)(C)C(=O)N1CCCCC1.CC(C)(C)C(=O)N1CCNCC1.CC(C)(C)C(=O)N1CCOCC1.CN1CCN(C(=O)C(C)(C)C)CC1. The molecule has 5 saturated heterocycles. The Kier molecular flexibility index (Phi) is 22.8. The first-order valence-electron chi connectivity index (χ1n) is 22.9. The first-order chi connectivity index (χ1) is 27.5. The smallest absolute Gasteiger partial charge is 0.228 e. The monoisotopic (exact) mass is 850 g/mol. The second-order valence-corrected chi connectivity index (χ2v) is 22.1.